The van der Waals surface area contributed by atoms with E-state index in [9.17, 15) is 0 Å². The summed E-state index contributed by atoms with van der Waals surface area (Å²) in [6.45, 7) is 9.63. The predicted octanol–water partition coefficient (Wildman–Crippen LogP) is 3.40. The average Bonchev–Trinajstić information content (AvgIpc) is 3.35. The van der Waals surface area contributed by atoms with E-state index in [2.05, 4.69) is 59.3 Å². The SMILES string of the molecule is Cc1nn(C)c2c1-c1cc3c([nH]nc3c(C)n1)/C=C/c1c(nn(C)c1C)CN(C)C[C@H](C)O2. The fourth-order valence-corrected chi connectivity index (χ4v) is 4.69. The van der Waals surface area contributed by atoms with Gasteiger partial charge in [-0.1, -0.05) is 0 Å². The Morgan fingerprint density at radius 2 is 1.82 bits per heavy atom. The highest BCUT2D eigenvalue weighted by atomic mass is 16.5. The number of ether oxygens (including phenoxy) is 1. The summed E-state index contributed by atoms with van der Waals surface area (Å²) in [6, 6.07) is 2.08. The molecule has 1 aliphatic rings. The molecule has 0 spiro atoms. The van der Waals surface area contributed by atoms with Gasteiger partial charge in [-0.2, -0.15) is 15.3 Å². The van der Waals surface area contributed by atoms with Crippen molar-refractivity contribution in [1.29, 1.82) is 0 Å². The van der Waals surface area contributed by atoms with Crippen molar-refractivity contribution in [3.05, 3.63) is 40.1 Å². The Balaban J connectivity index is 1.75. The van der Waals surface area contributed by atoms with Crippen molar-refractivity contribution in [1.82, 2.24) is 39.6 Å². The molecule has 2 bridgehead atoms. The summed E-state index contributed by atoms with van der Waals surface area (Å²) in [5, 5.41) is 18.2. The molecule has 0 amide bonds. The van der Waals surface area contributed by atoms with Crippen LogP contribution >= 0.6 is 0 Å². The minimum atomic E-state index is -0.0493. The molecule has 4 aromatic heterocycles. The lowest BCUT2D eigenvalue weighted by Crippen LogP contribution is -2.31. The molecule has 33 heavy (non-hydrogen) atoms. The van der Waals surface area contributed by atoms with E-state index in [0.717, 1.165) is 75.2 Å². The van der Waals surface area contributed by atoms with Crippen molar-refractivity contribution in [2.24, 2.45) is 14.1 Å². The van der Waals surface area contributed by atoms with Crippen LogP contribution in [-0.4, -0.2) is 59.3 Å². The summed E-state index contributed by atoms with van der Waals surface area (Å²) in [5.41, 5.74) is 8.60. The average molecular weight is 447 g/mol. The monoisotopic (exact) mass is 446 g/mol. The Hall–Kier alpha value is -3.46. The predicted molar refractivity (Wildman–Crippen MR) is 129 cm³/mol. The molecule has 0 aromatic carbocycles. The maximum Gasteiger partial charge on any atom is 0.221 e. The van der Waals surface area contributed by atoms with E-state index in [0.29, 0.717) is 0 Å². The standard InChI is InChI=1S/C24H30N8O/c1-13-11-30(5)12-21-17(16(4)31(6)29-21)8-9-19-18-10-20(25-15(3)23(18)27-26-19)22-14(2)28-32(7)24(22)33-13/h8-10,13H,11-12H2,1-7H3,(H,26,27)/b9-8+/t13-/m0/s1. The molecule has 0 aliphatic carbocycles. The van der Waals surface area contributed by atoms with Crippen molar-refractivity contribution in [2.75, 3.05) is 13.6 Å². The Kier molecular flexibility index (Phi) is 5.08. The van der Waals surface area contributed by atoms with Gasteiger partial charge in [-0.3, -0.25) is 19.7 Å². The Labute approximate surface area is 193 Å². The number of rotatable bonds is 0. The summed E-state index contributed by atoms with van der Waals surface area (Å²) in [7, 11) is 5.99. The smallest absolute Gasteiger partial charge is 0.221 e. The van der Waals surface area contributed by atoms with Crippen LogP contribution in [0.15, 0.2) is 6.07 Å². The number of fused-ring (bicyclic) bond motifs is 4. The molecule has 1 N–H and O–H groups in total. The van der Waals surface area contributed by atoms with Gasteiger partial charge >= 0.3 is 0 Å². The van der Waals surface area contributed by atoms with Crippen molar-refractivity contribution < 1.29 is 4.74 Å². The summed E-state index contributed by atoms with van der Waals surface area (Å²) in [5.74, 6) is 0.726. The van der Waals surface area contributed by atoms with E-state index < -0.39 is 0 Å². The largest absolute Gasteiger partial charge is 0.473 e. The quantitative estimate of drug-likeness (QED) is 0.445. The fraction of sp³-hybridized carbons (Fsp3) is 0.417. The van der Waals surface area contributed by atoms with Crippen LogP contribution in [0, 0.1) is 20.8 Å². The molecule has 4 aromatic rings. The molecule has 9 nitrogen and oxygen atoms in total. The van der Waals surface area contributed by atoms with Crippen LogP contribution in [0.5, 0.6) is 5.88 Å². The molecule has 1 atom stereocenters. The number of aromatic amines is 1. The summed E-state index contributed by atoms with van der Waals surface area (Å²) in [6.07, 6.45) is 4.17. The minimum Gasteiger partial charge on any atom is -0.473 e. The lowest BCUT2D eigenvalue weighted by molar-refractivity contribution is 0.148. The third-order valence-electron chi connectivity index (χ3n) is 6.35. The molecule has 5 heterocycles. The van der Waals surface area contributed by atoms with Crippen molar-refractivity contribution >= 4 is 23.1 Å². The highest BCUT2D eigenvalue weighted by molar-refractivity contribution is 5.93. The van der Waals surface area contributed by atoms with Gasteiger partial charge in [0.05, 0.1) is 34.0 Å². The number of H-pyrrole nitrogens is 1. The molecule has 5 rings (SSSR count). The van der Waals surface area contributed by atoms with Gasteiger partial charge in [0.15, 0.2) is 0 Å². The Morgan fingerprint density at radius 3 is 2.61 bits per heavy atom. The van der Waals surface area contributed by atoms with Gasteiger partial charge in [0.2, 0.25) is 5.88 Å². The van der Waals surface area contributed by atoms with E-state index >= 15 is 0 Å². The highest BCUT2D eigenvalue weighted by Crippen LogP contribution is 2.35. The zero-order valence-electron chi connectivity index (χ0n) is 20.3. The van der Waals surface area contributed by atoms with Gasteiger partial charge in [0.1, 0.15) is 11.6 Å². The number of aromatic nitrogens is 7. The fourth-order valence-electron chi connectivity index (χ4n) is 4.69. The molecule has 0 saturated carbocycles. The van der Waals surface area contributed by atoms with E-state index in [-0.39, 0.29) is 6.10 Å². The van der Waals surface area contributed by atoms with Crippen LogP contribution in [0.3, 0.4) is 0 Å². The number of aryl methyl sites for hydroxylation is 4. The van der Waals surface area contributed by atoms with Crippen LogP contribution in [0.4, 0.5) is 0 Å². The molecule has 9 heteroatoms. The number of hydrogen-bond acceptors (Lipinski definition) is 6. The molecular formula is C24H30N8O. The first-order valence-corrected chi connectivity index (χ1v) is 11.2. The lowest BCUT2D eigenvalue weighted by Gasteiger charge is -2.22. The van der Waals surface area contributed by atoms with Crippen LogP contribution in [-0.2, 0) is 20.6 Å². The Morgan fingerprint density at radius 1 is 1.03 bits per heavy atom. The molecule has 0 unspecified atom stereocenters. The van der Waals surface area contributed by atoms with Crippen LogP contribution in [0.2, 0.25) is 0 Å². The third kappa shape index (κ3) is 3.62. The first-order chi connectivity index (χ1) is 15.7. The van der Waals surface area contributed by atoms with E-state index in [1.54, 1.807) is 4.68 Å². The molecule has 172 valence electrons. The van der Waals surface area contributed by atoms with Crippen LogP contribution < -0.4 is 4.74 Å². The second kappa shape index (κ2) is 7.84. The summed E-state index contributed by atoms with van der Waals surface area (Å²) < 4.78 is 10.2. The van der Waals surface area contributed by atoms with Crippen molar-refractivity contribution in [3.8, 4) is 17.1 Å². The zero-order valence-corrected chi connectivity index (χ0v) is 20.3. The van der Waals surface area contributed by atoms with E-state index in [1.165, 1.54) is 0 Å². The minimum absolute atomic E-state index is 0.0493. The second-order valence-electron chi connectivity index (χ2n) is 9.04. The normalized spacial score (nSPS) is 18.0. The molecular weight excluding hydrogens is 416 g/mol. The molecule has 0 radical (unpaired) electrons. The van der Waals surface area contributed by atoms with Crippen LogP contribution in [0.1, 0.15) is 41.0 Å². The molecule has 0 saturated heterocycles. The van der Waals surface area contributed by atoms with E-state index in [4.69, 9.17) is 14.8 Å². The van der Waals surface area contributed by atoms with Crippen molar-refractivity contribution in [2.45, 2.75) is 40.3 Å². The van der Waals surface area contributed by atoms with Crippen LogP contribution in [0.25, 0.3) is 34.3 Å². The third-order valence-corrected chi connectivity index (χ3v) is 6.35. The lowest BCUT2D eigenvalue weighted by atomic mass is 10.1. The highest BCUT2D eigenvalue weighted by Gasteiger charge is 2.23. The maximum absolute atomic E-state index is 6.45. The van der Waals surface area contributed by atoms with Gasteiger partial charge < -0.3 is 4.74 Å². The maximum atomic E-state index is 6.45. The topological polar surface area (TPSA) is 89.7 Å². The van der Waals surface area contributed by atoms with Gasteiger partial charge in [-0.05, 0) is 53.0 Å². The number of nitrogens with one attached hydrogen (secondary N) is 1. The van der Waals surface area contributed by atoms with Gasteiger partial charge in [0.25, 0.3) is 0 Å². The molecule has 0 fully saturated rings. The molecule has 1 aliphatic heterocycles. The van der Waals surface area contributed by atoms with Gasteiger partial charge in [-0.15, -0.1) is 0 Å². The number of likely N-dealkylation sites (N-methyl/N-ethyl adjacent to an activating group) is 1. The summed E-state index contributed by atoms with van der Waals surface area (Å²) in [4.78, 5) is 7.11. The van der Waals surface area contributed by atoms with Gasteiger partial charge in [-0.25, -0.2) is 4.68 Å². The number of nitrogens with zero attached hydrogens (tertiary/aromatic N) is 7. The zero-order chi connectivity index (χ0) is 23.4. The first kappa shape index (κ1) is 21.4. The number of hydrogen-bond donors (Lipinski definition) is 1. The summed E-state index contributed by atoms with van der Waals surface area (Å²) >= 11 is 0. The van der Waals surface area contributed by atoms with Crippen molar-refractivity contribution in [3.63, 3.8) is 0 Å². The second-order valence-corrected chi connectivity index (χ2v) is 9.04. The first-order valence-electron chi connectivity index (χ1n) is 11.2. The van der Waals surface area contributed by atoms with E-state index in [1.807, 2.05) is 32.6 Å². The Bertz CT molecular complexity index is 1390. The number of pyridine rings is 1. The van der Waals surface area contributed by atoms with Gasteiger partial charge in [0, 0.05) is 43.8 Å².